The standard InChI is InChI=1S/C11H10F3N3/c1-2-15-10-7-5-6(12)3-4-8(7)16-11(17-10)9(13)14/h3-5,9H,2H2,1H3,(H,15,16,17). The fourth-order valence-corrected chi connectivity index (χ4v) is 1.52. The Labute approximate surface area is 95.7 Å². The van der Waals surface area contributed by atoms with Gasteiger partial charge in [-0.3, -0.25) is 0 Å². The summed E-state index contributed by atoms with van der Waals surface area (Å²) in [4.78, 5) is 7.38. The van der Waals surface area contributed by atoms with Gasteiger partial charge in [-0.05, 0) is 25.1 Å². The molecule has 90 valence electrons. The molecule has 0 radical (unpaired) electrons. The van der Waals surface area contributed by atoms with E-state index < -0.39 is 18.1 Å². The van der Waals surface area contributed by atoms with Crippen molar-refractivity contribution in [1.29, 1.82) is 0 Å². The average molecular weight is 241 g/mol. The van der Waals surface area contributed by atoms with Crippen molar-refractivity contribution in [1.82, 2.24) is 9.97 Å². The van der Waals surface area contributed by atoms with Gasteiger partial charge in [-0.15, -0.1) is 0 Å². The second-order valence-corrected chi connectivity index (χ2v) is 3.42. The lowest BCUT2D eigenvalue weighted by atomic mass is 10.2. The van der Waals surface area contributed by atoms with Crippen molar-refractivity contribution >= 4 is 16.7 Å². The molecule has 6 heteroatoms. The van der Waals surface area contributed by atoms with Crippen LogP contribution in [0.2, 0.25) is 0 Å². The first kappa shape index (κ1) is 11.6. The molecular weight excluding hydrogens is 231 g/mol. The third-order valence-electron chi connectivity index (χ3n) is 2.21. The number of fused-ring (bicyclic) bond motifs is 1. The van der Waals surface area contributed by atoms with Gasteiger partial charge in [0.2, 0.25) is 0 Å². The van der Waals surface area contributed by atoms with Crippen LogP contribution in [0.15, 0.2) is 18.2 Å². The van der Waals surface area contributed by atoms with Crippen LogP contribution < -0.4 is 5.32 Å². The summed E-state index contributed by atoms with van der Waals surface area (Å²) in [5.41, 5.74) is 0.299. The van der Waals surface area contributed by atoms with E-state index in [2.05, 4.69) is 15.3 Å². The first-order chi connectivity index (χ1) is 8.11. The molecular formula is C11H10F3N3. The van der Waals surface area contributed by atoms with Crippen LogP contribution in [0.5, 0.6) is 0 Å². The number of rotatable bonds is 3. The van der Waals surface area contributed by atoms with E-state index in [0.717, 1.165) is 0 Å². The zero-order chi connectivity index (χ0) is 12.4. The van der Waals surface area contributed by atoms with Gasteiger partial charge >= 0.3 is 0 Å². The van der Waals surface area contributed by atoms with Gasteiger partial charge < -0.3 is 5.32 Å². The molecule has 1 aromatic heterocycles. The second kappa shape index (κ2) is 4.57. The molecule has 0 aliphatic heterocycles. The van der Waals surface area contributed by atoms with Gasteiger partial charge in [-0.25, -0.2) is 23.1 Å². The summed E-state index contributed by atoms with van der Waals surface area (Å²) in [6.45, 7) is 2.31. The van der Waals surface area contributed by atoms with Crippen molar-refractivity contribution in [3.8, 4) is 0 Å². The van der Waals surface area contributed by atoms with Gasteiger partial charge in [0.25, 0.3) is 6.43 Å². The largest absolute Gasteiger partial charge is 0.370 e. The zero-order valence-corrected chi connectivity index (χ0v) is 9.04. The van der Waals surface area contributed by atoms with E-state index in [9.17, 15) is 13.2 Å². The van der Waals surface area contributed by atoms with Crippen LogP contribution in [-0.2, 0) is 0 Å². The number of anilines is 1. The topological polar surface area (TPSA) is 37.8 Å². The lowest BCUT2D eigenvalue weighted by Crippen LogP contribution is -2.05. The fourth-order valence-electron chi connectivity index (χ4n) is 1.52. The van der Waals surface area contributed by atoms with Gasteiger partial charge in [0, 0.05) is 11.9 Å². The predicted octanol–water partition coefficient (Wildman–Crippen LogP) is 3.14. The highest BCUT2D eigenvalue weighted by Gasteiger charge is 2.15. The summed E-state index contributed by atoms with van der Waals surface area (Å²) >= 11 is 0. The highest BCUT2D eigenvalue weighted by atomic mass is 19.3. The minimum absolute atomic E-state index is 0.229. The van der Waals surface area contributed by atoms with Crippen LogP contribution in [0.25, 0.3) is 10.9 Å². The predicted molar refractivity (Wildman–Crippen MR) is 58.6 cm³/mol. The van der Waals surface area contributed by atoms with Crippen LogP contribution in [-0.4, -0.2) is 16.5 Å². The summed E-state index contributed by atoms with van der Waals surface area (Å²) in [6, 6.07) is 3.77. The van der Waals surface area contributed by atoms with E-state index in [-0.39, 0.29) is 5.82 Å². The van der Waals surface area contributed by atoms with Crippen molar-refractivity contribution in [3.05, 3.63) is 29.8 Å². The number of aromatic nitrogens is 2. The number of hydrogen-bond donors (Lipinski definition) is 1. The van der Waals surface area contributed by atoms with Crippen LogP contribution >= 0.6 is 0 Å². The Morgan fingerprint density at radius 3 is 2.71 bits per heavy atom. The molecule has 1 N–H and O–H groups in total. The third-order valence-corrected chi connectivity index (χ3v) is 2.21. The van der Waals surface area contributed by atoms with Gasteiger partial charge in [0.15, 0.2) is 5.82 Å². The third kappa shape index (κ3) is 2.30. The van der Waals surface area contributed by atoms with Crippen molar-refractivity contribution in [2.24, 2.45) is 0 Å². The number of nitrogens with one attached hydrogen (secondary N) is 1. The molecule has 0 fully saturated rings. The molecule has 0 amide bonds. The maximum atomic E-state index is 13.1. The van der Waals surface area contributed by atoms with Crippen LogP contribution in [0.3, 0.4) is 0 Å². The normalized spacial score (nSPS) is 11.1. The number of alkyl halides is 2. The lowest BCUT2D eigenvalue weighted by Gasteiger charge is -2.09. The maximum Gasteiger partial charge on any atom is 0.297 e. The highest BCUT2D eigenvalue weighted by molar-refractivity contribution is 5.89. The van der Waals surface area contributed by atoms with E-state index in [1.807, 2.05) is 0 Å². The second-order valence-electron chi connectivity index (χ2n) is 3.42. The van der Waals surface area contributed by atoms with E-state index in [4.69, 9.17) is 0 Å². The van der Waals surface area contributed by atoms with Gasteiger partial charge in [0.1, 0.15) is 11.6 Å². The average Bonchev–Trinajstić information content (AvgIpc) is 2.29. The number of halogens is 3. The van der Waals surface area contributed by atoms with Crippen molar-refractivity contribution in [2.75, 3.05) is 11.9 Å². The lowest BCUT2D eigenvalue weighted by molar-refractivity contribution is 0.141. The summed E-state index contributed by atoms with van der Waals surface area (Å²) in [7, 11) is 0. The fraction of sp³-hybridized carbons (Fsp3) is 0.273. The molecule has 1 heterocycles. The minimum atomic E-state index is -2.75. The van der Waals surface area contributed by atoms with Crippen molar-refractivity contribution in [3.63, 3.8) is 0 Å². The van der Waals surface area contributed by atoms with E-state index in [1.54, 1.807) is 6.92 Å². The van der Waals surface area contributed by atoms with E-state index in [1.165, 1.54) is 18.2 Å². The molecule has 0 spiro atoms. The van der Waals surface area contributed by atoms with Crippen LogP contribution in [0.1, 0.15) is 19.2 Å². The Morgan fingerprint density at radius 1 is 1.29 bits per heavy atom. The summed E-state index contributed by atoms with van der Waals surface area (Å²) in [5, 5.41) is 3.22. The number of nitrogens with zero attached hydrogens (tertiary/aromatic N) is 2. The summed E-state index contributed by atoms with van der Waals surface area (Å²) < 4.78 is 38.2. The monoisotopic (exact) mass is 241 g/mol. The minimum Gasteiger partial charge on any atom is -0.370 e. The van der Waals surface area contributed by atoms with Crippen molar-refractivity contribution in [2.45, 2.75) is 13.3 Å². The Bertz CT molecular complexity index is 543. The molecule has 0 bridgehead atoms. The molecule has 0 saturated heterocycles. The van der Waals surface area contributed by atoms with E-state index in [0.29, 0.717) is 17.4 Å². The molecule has 1 aromatic carbocycles. The molecule has 0 unspecified atom stereocenters. The smallest absolute Gasteiger partial charge is 0.297 e. The van der Waals surface area contributed by atoms with Gasteiger partial charge in [-0.2, -0.15) is 0 Å². The molecule has 0 atom stereocenters. The van der Waals surface area contributed by atoms with Gasteiger partial charge in [0.05, 0.1) is 5.52 Å². The van der Waals surface area contributed by atoms with Gasteiger partial charge in [-0.1, -0.05) is 0 Å². The Kier molecular flexibility index (Phi) is 3.12. The zero-order valence-electron chi connectivity index (χ0n) is 9.04. The highest BCUT2D eigenvalue weighted by Crippen LogP contribution is 2.24. The molecule has 3 nitrogen and oxygen atoms in total. The summed E-state index contributed by atoms with van der Waals surface area (Å²) in [5.74, 6) is -0.780. The maximum absolute atomic E-state index is 13.1. The molecule has 2 rings (SSSR count). The number of benzene rings is 1. The Morgan fingerprint density at radius 2 is 2.06 bits per heavy atom. The number of hydrogen-bond acceptors (Lipinski definition) is 3. The van der Waals surface area contributed by atoms with Crippen LogP contribution in [0, 0.1) is 5.82 Å². The molecule has 2 aromatic rings. The molecule has 0 aliphatic rings. The van der Waals surface area contributed by atoms with Crippen LogP contribution in [0.4, 0.5) is 19.0 Å². The quantitative estimate of drug-likeness (QED) is 0.897. The summed E-state index contributed by atoms with van der Waals surface area (Å²) in [6.07, 6.45) is -2.75. The first-order valence-corrected chi connectivity index (χ1v) is 5.11. The SMILES string of the molecule is CCNc1nc(C(F)F)nc2ccc(F)cc12. The van der Waals surface area contributed by atoms with E-state index >= 15 is 0 Å². The molecule has 0 saturated carbocycles. The Balaban J connectivity index is 2.67. The van der Waals surface area contributed by atoms with Crippen molar-refractivity contribution < 1.29 is 13.2 Å². The molecule has 17 heavy (non-hydrogen) atoms. The Hall–Kier alpha value is -1.85. The first-order valence-electron chi connectivity index (χ1n) is 5.11. The molecule has 0 aliphatic carbocycles.